The molecule has 1 N–H and O–H groups in total. The van der Waals surface area contributed by atoms with Crippen LogP contribution in [-0.2, 0) is 11.2 Å². The summed E-state index contributed by atoms with van der Waals surface area (Å²) < 4.78 is 5.56. The molecule has 29 heavy (non-hydrogen) atoms. The minimum absolute atomic E-state index is 0.0530. The van der Waals surface area contributed by atoms with Gasteiger partial charge in [-0.2, -0.15) is 4.98 Å². The van der Waals surface area contributed by atoms with E-state index in [0.29, 0.717) is 30.5 Å². The molecule has 0 radical (unpaired) electrons. The highest BCUT2D eigenvalue weighted by molar-refractivity contribution is 5.76. The van der Waals surface area contributed by atoms with Crippen LogP contribution in [-0.4, -0.2) is 16.0 Å². The zero-order chi connectivity index (χ0) is 19.9. The van der Waals surface area contributed by atoms with E-state index in [2.05, 4.69) is 15.5 Å². The maximum Gasteiger partial charge on any atom is 0.249 e. The van der Waals surface area contributed by atoms with Gasteiger partial charge in [0.1, 0.15) is 6.04 Å². The molecule has 0 spiro atoms. The Kier molecular flexibility index (Phi) is 6.35. The molecule has 1 aromatic heterocycles. The molecule has 0 bridgehead atoms. The second kappa shape index (κ2) is 9.50. The molecule has 1 aliphatic carbocycles. The minimum atomic E-state index is -0.335. The number of carbonyl (C=O) groups excluding carboxylic acids is 1. The number of nitrogens with one attached hydrogen (secondary N) is 1. The van der Waals surface area contributed by atoms with Crippen LogP contribution in [0, 0.1) is 5.92 Å². The summed E-state index contributed by atoms with van der Waals surface area (Å²) in [5, 5.41) is 7.26. The van der Waals surface area contributed by atoms with E-state index in [-0.39, 0.29) is 11.9 Å². The van der Waals surface area contributed by atoms with E-state index >= 15 is 0 Å². The van der Waals surface area contributed by atoms with Gasteiger partial charge in [-0.25, -0.2) is 0 Å². The number of hydrogen-bond acceptors (Lipinski definition) is 4. The van der Waals surface area contributed by atoms with Gasteiger partial charge in [0.2, 0.25) is 17.6 Å². The quantitative estimate of drug-likeness (QED) is 0.581. The van der Waals surface area contributed by atoms with Crippen LogP contribution in [0.15, 0.2) is 65.2 Å². The first-order chi connectivity index (χ1) is 14.3. The summed E-state index contributed by atoms with van der Waals surface area (Å²) in [6, 6.07) is 19.5. The topological polar surface area (TPSA) is 68.0 Å². The van der Waals surface area contributed by atoms with Crippen molar-refractivity contribution < 1.29 is 9.32 Å². The molecule has 1 fully saturated rings. The molecule has 4 rings (SSSR count). The summed E-state index contributed by atoms with van der Waals surface area (Å²) in [4.78, 5) is 17.2. The largest absolute Gasteiger partial charge is 0.344 e. The Morgan fingerprint density at radius 1 is 1.03 bits per heavy atom. The smallest absolute Gasteiger partial charge is 0.249 e. The number of aromatic nitrogens is 2. The zero-order valence-electron chi connectivity index (χ0n) is 16.6. The molecule has 1 atom stereocenters. The SMILES string of the molecule is O=C(CCC1CCCC1)N[C@H](Cc1ccccc1)c1nc(-c2ccccc2)no1. The third-order valence-electron chi connectivity index (χ3n) is 5.64. The fourth-order valence-corrected chi connectivity index (χ4v) is 4.03. The number of rotatable bonds is 8. The zero-order valence-corrected chi connectivity index (χ0v) is 16.6. The minimum Gasteiger partial charge on any atom is -0.344 e. The van der Waals surface area contributed by atoms with Crippen molar-refractivity contribution in [1.82, 2.24) is 15.5 Å². The van der Waals surface area contributed by atoms with Crippen LogP contribution in [0.1, 0.15) is 56.0 Å². The number of amides is 1. The molecule has 0 saturated heterocycles. The van der Waals surface area contributed by atoms with Crippen molar-refractivity contribution in [1.29, 1.82) is 0 Å². The first kappa shape index (κ1) is 19.4. The standard InChI is InChI=1S/C24H27N3O2/c28-22(16-15-18-9-7-8-10-18)25-21(17-19-11-3-1-4-12-19)24-26-23(27-29-24)20-13-5-2-6-14-20/h1-6,11-14,18,21H,7-10,15-17H2,(H,25,28)/t21-/m1/s1. The predicted octanol–water partition coefficient (Wildman–Crippen LogP) is 5.11. The Labute approximate surface area is 171 Å². The highest BCUT2D eigenvalue weighted by atomic mass is 16.5. The second-order valence-corrected chi connectivity index (χ2v) is 7.82. The summed E-state index contributed by atoms with van der Waals surface area (Å²) in [5.41, 5.74) is 2.02. The monoisotopic (exact) mass is 389 g/mol. The Morgan fingerprint density at radius 3 is 2.45 bits per heavy atom. The van der Waals surface area contributed by atoms with E-state index < -0.39 is 0 Å². The third-order valence-corrected chi connectivity index (χ3v) is 5.64. The van der Waals surface area contributed by atoms with Crippen molar-refractivity contribution in [3.05, 3.63) is 72.1 Å². The average Bonchev–Trinajstić information content (AvgIpc) is 3.46. The van der Waals surface area contributed by atoms with Gasteiger partial charge in [-0.1, -0.05) is 91.5 Å². The van der Waals surface area contributed by atoms with Gasteiger partial charge < -0.3 is 9.84 Å². The van der Waals surface area contributed by atoms with Gasteiger partial charge in [0, 0.05) is 18.4 Å². The maximum absolute atomic E-state index is 12.6. The number of benzene rings is 2. The molecular weight excluding hydrogens is 362 g/mol. The first-order valence-electron chi connectivity index (χ1n) is 10.5. The summed E-state index contributed by atoms with van der Waals surface area (Å²) in [6.45, 7) is 0. The first-order valence-corrected chi connectivity index (χ1v) is 10.5. The lowest BCUT2D eigenvalue weighted by molar-refractivity contribution is -0.122. The van der Waals surface area contributed by atoms with E-state index in [1.54, 1.807) is 0 Å². The second-order valence-electron chi connectivity index (χ2n) is 7.82. The van der Waals surface area contributed by atoms with Crippen LogP contribution in [0.2, 0.25) is 0 Å². The predicted molar refractivity (Wildman–Crippen MR) is 112 cm³/mol. The van der Waals surface area contributed by atoms with Crippen molar-refractivity contribution in [2.45, 2.75) is 51.0 Å². The molecule has 1 heterocycles. The van der Waals surface area contributed by atoms with Gasteiger partial charge in [-0.3, -0.25) is 4.79 Å². The highest BCUT2D eigenvalue weighted by Gasteiger charge is 2.23. The lowest BCUT2D eigenvalue weighted by Crippen LogP contribution is -2.30. The average molecular weight is 389 g/mol. The van der Waals surface area contributed by atoms with Crippen LogP contribution < -0.4 is 5.32 Å². The van der Waals surface area contributed by atoms with E-state index in [1.165, 1.54) is 25.7 Å². The summed E-state index contributed by atoms with van der Waals surface area (Å²) in [7, 11) is 0. The lowest BCUT2D eigenvalue weighted by atomic mass is 10.0. The van der Waals surface area contributed by atoms with Gasteiger partial charge in [0.25, 0.3) is 0 Å². The normalized spacial score (nSPS) is 15.3. The molecule has 3 aromatic rings. The van der Waals surface area contributed by atoms with Crippen LogP contribution >= 0.6 is 0 Å². The number of carbonyl (C=O) groups is 1. The summed E-state index contributed by atoms with van der Waals surface area (Å²) in [5.74, 6) is 1.74. The maximum atomic E-state index is 12.6. The van der Waals surface area contributed by atoms with Crippen LogP contribution in [0.25, 0.3) is 11.4 Å². The fourth-order valence-electron chi connectivity index (χ4n) is 4.03. The van der Waals surface area contributed by atoms with Gasteiger partial charge in [0.15, 0.2) is 0 Å². The van der Waals surface area contributed by atoms with Gasteiger partial charge in [-0.05, 0) is 17.9 Å². The molecule has 1 amide bonds. The summed E-state index contributed by atoms with van der Waals surface area (Å²) >= 11 is 0. The van der Waals surface area contributed by atoms with Crippen LogP contribution in [0.3, 0.4) is 0 Å². The number of nitrogens with zero attached hydrogens (tertiary/aromatic N) is 2. The van der Waals surface area contributed by atoms with Crippen LogP contribution in [0.4, 0.5) is 0 Å². The van der Waals surface area contributed by atoms with Crippen molar-refractivity contribution in [2.24, 2.45) is 5.92 Å². The lowest BCUT2D eigenvalue weighted by Gasteiger charge is -2.16. The Morgan fingerprint density at radius 2 is 1.72 bits per heavy atom. The van der Waals surface area contributed by atoms with E-state index in [0.717, 1.165) is 17.5 Å². The van der Waals surface area contributed by atoms with Gasteiger partial charge in [0.05, 0.1) is 0 Å². The van der Waals surface area contributed by atoms with Crippen molar-refractivity contribution in [3.63, 3.8) is 0 Å². The molecule has 1 saturated carbocycles. The molecule has 0 unspecified atom stereocenters. The van der Waals surface area contributed by atoms with Crippen LogP contribution in [0.5, 0.6) is 0 Å². The summed E-state index contributed by atoms with van der Waals surface area (Å²) in [6.07, 6.45) is 7.24. The molecular formula is C24H27N3O2. The Balaban J connectivity index is 1.47. The van der Waals surface area contributed by atoms with E-state index in [1.807, 2.05) is 60.7 Å². The molecule has 5 heteroatoms. The molecule has 1 aliphatic rings. The van der Waals surface area contributed by atoms with Crippen molar-refractivity contribution >= 4 is 5.91 Å². The highest BCUT2D eigenvalue weighted by Crippen LogP contribution is 2.28. The third kappa shape index (κ3) is 5.31. The molecule has 2 aromatic carbocycles. The van der Waals surface area contributed by atoms with E-state index in [9.17, 15) is 4.79 Å². The van der Waals surface area contributed by atoms with Gasteiger partial charge in [-0.15, -0.1) is 0 Å². The fraction of sp³-hybridized carbons (Fsp3) is 0.375. The Bertz CT molecular complexity index is 902. The van der Waals surface area contributed by atoms with Crippen molar-refractivity contribution in [3.8, 4) is 11.4 Å². The van der Waals surface area contributed by atoms with Crippen molar-refractivity contribution in [2.75, 3.05) is 0 Å². The molecule has 0 aliphatic heterocycles. The Hall–Kier alpha value is -2.95. The molecule has 5 nitrogen and oxygen atoms in total. The molecule has 150 valence electrons. The van der Waals surface area contributed by atoms with Gasteiger partial charge >= 0.3 is 0 Å². The number of hydrogen-bond donors (Lipinski definition) is 1. The van der Waals surface area contributed by atoms with E-state index in [4.69, 9.17) is 4.52 Å².